The van der Waals surface area contributed by atoms with Crippen LogP contribution in [0.15, 0.2) is 59.5 Å². The number of carbonyl (C=O) groups excluding carboxylic acids is 1. The summed E-state index contributed by atoms with van der Waals surface area (Å²) in [5.41, 5.74) is 0.809. The number of sulfonamides is 1. The molecule has 0 aliphatic heterocycles. The van der Waals surface area contributed by atoms with Crippen LogP contribution in [0.3, 0.4) is 0 Å². The number of hydrogen-bond donors (Lipinski definition) is 1. The lowest BCUT2D eigenvalue weighted by molar-refractivity contribution is -0.121. The number of nitrogens with zero attached hydrogens (tertiary/aromatic N) is 1. The van der Waals surface area contributed by atoms with Crippen molar-refractivity contribution in [2.24, 2.45) is 0 Å². The molecule has 0 aliphatic carbocycles. The van der Waals surface area contributed by atoms with Crippen molar-refractivity contribution < 1.29 is 17.6 Å². The third-order valence-electron chi connectivity index (χ3n) is 4.08. The molecule has 0 radical (unpaired) electrons. The van der Waals surface area contributed by atoms with Crippen molar-refractivity contribution in [3.8, 4) is 0 Å². The third kappa shape index (κ3) is 5.37. The molecule has 1 amide bonds. The van der Waals surface area contributed by atoms with E-state index in [4.69, 9.17) is 0 Å². The molecule has 2 aromatic carbocycles. The van der Waals surface area contributed by atoms with Gasteiger partial charge in [0.05, 0.1) is 10.9 Å². The second kappa shape index (κ2) is 8.91. The molecule has 0 saturated heterocycles. The normalized spacial score (nSPS) is 12.8. The first-order valence-corrected chi connectivity index (χ1v) is 9.81. The average molecular weight is 378 g/mol. The Morgan fingerprint density at radius 2 is 1.73 bits per heavy atom. The van der Waals surface area contributed by atoms with E-state index in [0.717, 1.165) is 5.56 Å². The Morgan fingerprint density at radius 3 is 2.35 bits per heavy atom. The molecule has 0 saturated carbocycles. The Hall–Kier alpha value is -2.25. The van der Waals surface area contributed by atoms with Crippen molar-refractivity contribution in [3.05, 3.63) is 66.0 Å². The summed E-state index contributed by atoms with van der Waals surface area (Å²) in [6.45, 7) is 2.06. The van der Waals surface area contributed by atoms with Gasteiger partial charge in [0.15, 0.2) is 0 Å². The molecule has 0 unspecified atom stereocenters. The molecule has 140 valence electrons. The third-order valence-corrected chi connectivity index (χ3v) is 5.95. The lowest BCUT2D eigenvalue weighted by atomic mass is 10.1. The average Bonchev–Trinajstić information content (AvgIpc) is 2.62. The van der Waals surface area contributed by atoms with E-state index < -0.39 is 10.0 Å². The highest BCUT2D eigenvalue weighted by Crippen LogP contribution is 2.15. The van der Waals surface area contributed by atoms with Gasteiger partial charge in [-0.1, -0.05) is 30.3 Å². The van der Waals surface area contributed by atoms with Gasteiger partial charge in [-0.25, -0.2) is 17.1 Å². The van der Waals surface area contributed by atoms with Crippen molar-refractivity contribution in [2.75, 3.05) is 13.6 Å². The predicted octanol–water partition coefficient (Wildman–Crippen LogP) is 3.10. The summed E-state index contributed by atoms with van der Waals surface area (Å²) in [7, 11) is -2.04. The summed E-state index contributed by atoms with van der Waals surface area (Å²) in [4.78, 5) is 12.3. The van der Waals surface area contributed by atoms with Crippen LogP contribution in [0.1, 0.15) is 31.4 Å². The lowest BCUT2D eigenvalue weighted by Crippen LogP contribution is -2.30. The highest BCUT2D eigenvalue weighted by molar-refractivity contribution is 7.89. The highest BCUT2D eigenvalue weighted by Gasteiger charge is 2.20. The van der Waals surface area contributed by atoms with Crippen molar-refractivity contribution >= 4 is 15.9 Å². The summed E-state index contributed by atoms with van der Waals surface area (Å²) >= 11 is 0. The number of halogens is 1. The number of hydrogen-bond acceptors (Lipinski definition) is 3. The van der Waals surface area contributed by atoms with E-state index in [-0.39, 0.29) is 35.6 Å². The lowest BCUT2D eigenvalue weighted by Gasteiger charge is -2.18. The summed E-state index contributed by atoms with van der Waals surface area (Å²) in [6, 6.07) is 13.9. The molecular formula is C19H23FN2O3S. The molecular weight excluding hydrogens is 355 g/mol. The quantitative estimate of drug-likeness (QED) is 0.768. The van der Waals surface area contributed by atoms with Gasteiger partial charge in [0, 0.05) is 20.0 Å². The van der Waals surface area contributed by atoms with E-state index in [1.165, 1.54) is 23.5 Å². The van der Waals surface area contributed by atoms with Crippen LogP contribution >= 0.6 is 0 Å². The Morgan fingerprint density at radius 1 is 1.12 bits per heavy atom. The Labute approximate surface area is 153 Å². The van der Waals surface area contributed by atoms with Crippen LogP contribution in [0, 0.1) is 5.82 Å². The van der Waals surface area contributed by atoms with E-state index in [0.29, 0.717) is 6.42 Å². The highest BCUT2D eigenvalue weighted by atomic mass is 32.2. The zero-order chi connectivity index (χ0) is 19.2. The van der Waals surface area contributed by atoms with Gasteiger partial charge in [0.2, 0.25) is 15.9 Å². The van der Waals surface area contributed by atoms with Crippen molar-refractivity contribution in [1.82, 2.24) is 9.62 Å². The molecule has 7 heteroatoms. The molecule has 0 spiro atoms. The van der Waals surface area contributed by atoms with Crippen LogP contribution in [0.2, 0.25) is 0 Å². The number of rotatable bonds is 8. The zero-order valence-corrected chi connectivity index (χ0v) is 15.7. The fourth-order valence-electron chi connectivity index (χ4n) is 2.50. The van der Waals surface area contributed by atoms with Crippen LogP contribution in [-0.4, -0.2) is 32.2 Å². The topological polar surface area (TPSA) is 66.5 Å². The van der Waals surface area contributed by atoms with Gasteiger partial charge >= 0.3 is 0 Å². The van der Waals surface area contributed by atoms with E-state index in [1.807, 2.05) is 6.92 Å². The van der Waals surface area contributed by atoms with Gasteiger partial charge in [0.1, 0.15) is 5.82 Å². The maximum Gasteiger partial charge on any atom is 0.242 e. The second-order valence-electron chi connectivity index (χ2n) is 6.08. The fourth-order valence-corrected chi connectivity index (χ4v) is 3.73. The van der Waals surface area contributed by atoms with E-state index in [1.54, 1.807) is 42.5 Å². The molecule has 0 fully saturated rings. The van der Waals surface area contributed by atoms with Crippen LogP contribution in [-0.2, 0) is 14.8 Å². The minimum absolute atomic E-state index is 0.174. The Kier molecular flexibility index (Phi) is 6.88. The molecule has 5 nitrogen and oxygen atoms in total. The summed E-state index contributed by atoms with van der Waals surface area (Å²) < 4.78 is 39.0. The molecule has 0 heterocycles. The van der Waals surface area contributed by atoms with Crippen LogP contribution in [0.4, 0.5) is 4.39 Å². The van der Waals surface area contributed by atoms with Crippen LogP contribution in [0.5, 0.6) is 0 Å². The van der Waals surface area contributed by atoms with Gasteiger partial charge in [-0.05, 0) is 43.2 Å². The second-order valence-corrected chi connectivity index (χ2v) is 8.13. The van der Waals surface area contributed by atoms with E-state index in [9.17, 15) is 17.6 Å². The molecule has 0 bridgehead atoms. The molecule has 2 aromatic rings. The van der Waals surface area contributed by atoms with Crippen LogP contribution < -0.4 is 5.32 Å². The monoisotopic (exact) mass is 378 g/mol. The maximum absolute atomic E-state index is 12.9. The van der Waals surface area contributed by atoms with E-state index >= 15 is 0 Å². The van der Waals surface area contributed by atoms with Crippen molar-refractivity contribution in [2.45, 2.75) is 30.7 Å². The number of carbonyl (C=O) groups is 1. The smallest absolute Gasteiger partial charge is 0.242 e. The Balaban J connectivity index is 1.81. The van der Waals surface area contributed by atoms with Crippen LogP contribution in [0.25, 0.3) is 0 Å². The molecule has 0 aromatic heterocycles. The first-order valence-electron chi connectivity index (χ1n) is 8.37. The molecule has 1 N–H and O–H groups in total. The zero-order valence-electron chi connectivity index (χ0n) is 14.9. The first kappa shape index (κ1) is 20.1. The summed E-state index contributed by atoms with van der Waals surface area (Å²) in [6.07, 6.45) is 0.616. The summed E-state index contributed by atoms with van der Waals surface area (Å²) in [5.74, 6) is -0.498. The predicted molar refractivity (Wildman–Crippen MR) is 98.4 cm³/mol. The largest absolute Gasteiger partial charge is 0.350 e. The molecule has 0 aliphatic rings. The number of benzene rings is 2. The Bertz CT molecular complexity index is 824. The first-order chi connectivity index (χ1) is 12.3. The van der Waals surface area contributed by atoms with Crippen molar-refractivity contribution in [1.29, 1.82) is 0 Å². The fraction of sp³-hybridized carbons (Fsp3) is 0.316. The minimum atomic E-state index is -3.54. The van der Waals surface area contributed by atoms with Crippen molar-refractivity contribution in [3.63, 3.8) is 0 Å². The van der Waals surface area contributed by atoms with Gasteiger partial charge in [-0.15, -0.1) is 0 Å². The summed E-state index contributed by atoms with van der Waals surface area (Å²) in [5, 5.41) is 2.83. The van der Waals surface area contributed by atoms with Gasteiger partial charge < -0.3 is 5.32 Å². The number of nitrogens with one attached hydrogen (secondary N) is 1. The molecule has 2 rings (SSSR count). The van der Waals surface area contributed by atoms with Gasteiger partial charge in [-0.3, -0.25) is 4.79 Å². The van der Waals surface area contributed by atoms with Gasteiger partial charge in [0.25, 0.3) is 0 Å². The van der Waals surface area contributed by atoms with E-state index in [2.05, 4.69) is 5.32 Å². The molecule has 26 heavy (non-hydrogen) atoms. The maximum atomic E-state index is 12.9. The standard InChI is InChI=1S/C19H23FN2O3S/c1-15(16-10-12-17(20)13-11-16)21-19(23)9-6-14-22(2)26(24,25)18-7-4-3-5-8-18/h3-5,7-8,10-13,15H,6,9,14H2,1-2H3,(H,21,23)/t15-/m0/s1. The molecule has 1 atom stereocenters. The minimum Gasteiger partial charge on any atom is -0.350 e. The number of amides is 1. The SMILES string of the molecule is C[C@H](NC(=O)CCCN(C)S(=O)(=O)c1ccccc1)c1ccc(F)cc1. The van der Waals surface area contributed by atoms with Gasteiger partial charge in [-0.2, -0.15) is 0 Å².